The Morgan fingerprint density at radius 3 is 1.22 bits per heavy atom. The molecule has 0 N–H and O–H groups in total. The molecule has 1 aliphatic rings. The van der Waals surface area contributed by atoms with E-state index in [9.17, 15) is 0 Å². The van der Waals surface area contributed by atoms with Crippen LogP contribution in [0.5, 0.6) is 0 Å². The molecule has 0 aromatic heterocycles. The summed E-state index contributed by atoms with van der Waals surface area (Å²) in [6, 6.07) is 0. The van der Waals surface area contributed by atoms with Gasteiger partial charge in [-0.1, -0.05) is 0 Å². The average Bonchev–Trinajstić information content (AvgIpc) is 1.72. The van der Waals surface area contributed by atoms with Crippen molar-refractivity contribution in [2.45, 2.75) is 12.8 Å². The molecule has 5 heteroatoms. The van der Waals surface area contributed by atoms with E-state index in [0.717, 1.165) is 26.1 Å². The van der Waals surface area contributed by atoms with Crippen LogP contribution in [0.15, 0.2) is 0 Å². The van der Waals surface area contributed by atoms with Gasteiger partial charge >= 0.3 is 23.1 Å². The predicted octanol–water partition coefficient (Wildman–Crippen LogP) is -5.64. The summed E-state index contributed by atoms with van der Waals surface area (Å²) >= 11 is 0. The average molecular weight is 183 g/mol. The van der Waals surface area contributed by atoms with Crippen LogP contribution >= 0.6 is 0 Å². The second-order valence-electron chi connectivity index (χ2n) is 1.35. The summed E-state index contributed by atoms with van der Waals surface area (Å²) in [4.78, 5) is 9.14. The SMILES string of the molecule is C1CCOOC1.[Cl-].[Cl-].[Mg+2]. The summed E-state index contributed by atoms with van der Waals surface area (Å²) in [5.74, 6) is 0. The molecule has 0 atom stereocenters. The van der Waals surface area contributed by atoms with Crippen molar-refractivity contribution < 1.29 is 34.6 Å². The van der Waals surface area contributed by atoms with Gasteiger partial charge < -0.3 is 24.8 Å². The first-order valence-electron chi connectivity index (χ1n) is 2.24. The van der Waals surface area contributed by atoms with Crippen molar-refractivity contribution in [1.82, 2.24) is 0 Å². The first-order valence-corrected chi connectivity index (χ1v) is 2.24. The van der Waals surface area contributed by atoms with Crippen molar-refractivity contribution in [3.63, 3.8) is 0 Å². The maximum absolute atomic E-state index is 4.57. The van der Waals surface area contributed by atoms with Crippen molar-refractivity contribution in [3.8, 4) is 0 Å². The van der Waals surface area contributed by atoms with E-state index < -0.39 is 0 Å². The number of halogens is 2. The minimum absolute atomic E-state index is 0. The molecule has 1 aliphatic heterocycles. The van der Waals surface area contributed by atoms with Crippen molar-refractivity contribution >= 4 is 23.1 Å². The molecule has 0 saturated carbocycles. The Hall–Kier alpha value is 1.27. The van der Waals surface area contributed by atoms with Gasteiger partial charge in [-0.15, -0.1) is 0 Å². The third-order valence-corrected chi connectivity index (χ3v) is 0.789. The van der Waals surface area contributed by atoms with E-state index in [1.165, 1.54) is 0 Å². The van der Waals surface area contributed by atoms with Gasteiger partial charge in [0.25, 0.3) is 0 Å². The van der Waals surface area contributed by atoms with Crippen molar-refractivity contribution in [2.75, 3.05) is 13.2 Å². The molecule has 0 bridgehead atoms. The third-order valence-electron chi connectivity index (χ3n) is 0.789. The Morgan fingerprint density at radius 1 is 0.778 bits per heavy atom. The van der Waals surface area contributed by atoms with Gasteiger partial charge in [0.15, 0.2) is 0 Å². The van der Waals surface area contributed by atoms with E-state index in [2.05, 4.69) is 9.78 Å². The number of rotatable bonds is 0. The quantitative estimate of drug-likeness (QED) is 0.275. The minimum Gasteiger partial charge on any atom is -1.00 e. The van der Waals surface area contributed by atoms with Crippen LogP contribution in [0.3, 0.4) is 0 Å². The Bertz CT molecular complexity index is 32.0. The molecular weight excluding hydrogens is 175 g/mol. The van der Waals surface area contributed by atoms with Crippen LogP contribution in [-0.2, 0) is 9.78 Å². The second-order valence-corrected chi connectivity index (χ2v) is 1.35. The Labute approximate surface area is 83.6 Å². The van der Waals surface area contributed by atoms with E-state index in [1.807, 2.05) is 0 Å². The Morgan fingerprint density at radius 2 is 1.11 bits per heavy atom. The van der Waals surface area contributed by atoms with E-state index in [0.29, 0.717) is 0 Å². The minimum atomic E-state index is 0. The molecule has 0 radical (unpaired) electrons. The summed E-state index contributed by atoms with van der Waals surface area (Å²) in [7, 11) is 0. The molecule has 1 fully saturated rings. The Balaban J connectivity index is -0.000000120. The van der Waals surface area contributed by atoms with Crippen molar-refractivity contribution in [2.24, 2.45) is 0 Å². The zero-order valence-corrected chi connectivity index (χ0v) is 8.03. The molecule has 0 spiro atoms. The van der Waals surface area contributed by atoms with Gasteiger partial charge in [-0.2, -0.15) is 0 Å². The van der Waals surface area contributed by atoms with Crippen molar-refractivity contribution in [3.05, 3.63) is 0 Å². The van der Waals surface area contributed by atoms with E-state index in [4.69, 9.17) is 0 Å². The van der Waals surface area contributed by atoms with Crippen LogP contribution in [0.4, 0.5) is 0 Å². The smallest absolute Gasteiger partial charge is 1.00 e. The molecule has 0 amide bonds. The molecule has 0 aromatic carbocycles. The summed E-state index contributed by atoms with van der Waals surface area (Å²) < 4.78 is 0. The first kappa shape index (κ1) is 16.7. The number of hydrogen-bond acceptors (Lipinski definition) is 2. The molecule has 2 nitrogen and oxygen atoms in total. The fourth-order valence-corrected chi connectivity index (χ4v) is 0.440. The monoisotopic (exact) mass is 182 g/mol. The van der Waals surface area contributed by atoms with E-state index in [1.54, 1.807) is 0 Å². The van der Waals surface area contributed by atoms with Crippen LogP contribution < -0.4 is 24.8 Å². The largest absolute Gasteiger partial charge is 2.00 e. The molecule has 1 rings (SSSR count). The summed E-state index contributed by atoms with van der Waals surface area (Å²) in [6.07, 6.45) is 2.31. The van der Waals surface area contributed by atoms with Gasteiger partial charge in [-0.3, -0.25) is 0 Å². The van der Waals surface area contributed by atoms with E-state index >= 15 is 0 Å². The molecule has 9 heavy (non-hydrogen) atoms. The molecular formula is C4H8Cl2MgO2. The van der Waals surface area contributed by atoms with Gasteiger partial charge in [0, 0.05) is 0 Å². The molecule has 0 aliphatic carbocycles. The number of hydrogen-bond donors (Lipinski definition) is 0. The topological polar surface area (TPSA) is 18.5 Å². The predicted molar refractivity (Wildman–Crippen MR) is 26.9 cm³/mol. The summed E-state index contributed by atoms with van der Waals surface area (Å²) in [5, 5.41) is 0. The fourth-order valence-electron chi connectivity index (χ4n) is 0.440. The van der Waals surface area contributed by atoms with Gasteiger partial charge in [0.1, 0.15) is 0 Å². The van der Waals surface area contributed by atoms with Crippen molar-refractivity contribution in [1.29, 1.82) is 0 Å². The molecule has 0 unspecified atom stereocenters. The zero-order chi connectivity index (χ0) is 4.24. The summed E-state index contributed by atoms with van der Waals surface area (Å²) in [6.45, 7) is 1.56. The maximum Gasteiger partial charge on any atom is 2.00 e. The third kappa shape index (κ3) is 9.27. The van der Waals surface area contributed by atoms with E-state index in [-0.39, 0.29) is 47.9 Å². The van der Waals surface area contributed by atoms with Crippen LogP contribution in [0.1, 0.15) is 12.8 Å². The van der Waals surface area contributed by atoms with Gasteiger partial charge in [0.05, 0.1) is 13.2 Å². The van der Waals surface area contributed by atoms with Crippen LogP contribution in [0.25, 0.3) is 0 Å². The maximum atomic E-state index is 4.57. The fraction of sp³-hybridized carbons (Fsp3) is 1.00. The molecule has 1 saturated heterocycles. The van der Waals surface area contributed by atoms with Crippen LogP contribution in [0.2, 0.25) is 0 Å². The van der Waals surface area contributed by atoms with Gasteiger partial charge in [-0.05, 0) is 12.8 Å². The first-order chi connectivity index (χ1) is 3.00. The zero-order valence-electron chi connectivity index (χ0n) is 5.11. The molecule has 1 heterocycles. The second kappa shape index (κ2) is 12.0. The van der Waals surface area contributed by atoms with Gasteiger partial charge in [-0.25, -0.2) is 9.78 Å². The standard InChI is InChI=1S/C4H8O2.2ClH.Mg/c1-2-4-6-5-3-1;;;/h1-4H2;2*1H;/q;;;+2/p-2. The molecule has 0 aromatic rings. The van der Waals surface area contributed by atoms with Crippen LogP contribution in [-0.4, -0.2) is 36.3 Å². The molecule has 52 valence electrons. The van der Waals surface area contributed by atoms with Gasteiger partial charge in [0.2, 0.25) is 0 Å². The van der Waals surface area contributed by atoms with Crippen LogP contribution in [0, 0.1) is 0 Å². The Kier molecular flexibility index (Phi) is 22.2. The summed E-state index contributed by atoms with van der Waals surface area (Å²) in [5.41, 5.74) is 0. The normalized spacial score (nSPS) is 16.0.